The third-order valence-corrected chi connectivity index (χ3v) is 2.91. The molecule has 0 unspecified atom stereocenters. The number of aryl methyl sites for hydroxylation is 1. The van der Waals surface area contributed by atoms with Crippen LogP contribution in [0, 0.1) is 0 Å². The number of aromatic nitrogens is 1. The van der Waals surface area contributed by atoms with Crippen molar-refractivity contribution in [3.8, 4) is 11.5 Å². The van der Waals surface area contributed by atoms with Gasteiger partial charge in [0.2, 0.25) is 6.79 Å². The number of nitrogens with one attached hydrogen (secondary N) is 1. The molecule has 0 saturated heterocycles. The Bertz CT molecular complexity index is 519. The summed E-state index contributed by atoms with van der Waals surface area (Å²) < 4.78 is 11.0. The fraction of sp³-hybridized carbons (Fsp3) is 0.333. The van der Waals surface area contributed by atoms with Crippen molar-refractivity contribution in [2.45, 2.75) is 12.8 Å². The molecule has 3 N–H and O–H groups in total. The number of benzene rings is 1. The molecule has 0 radical (unpaired) electrons. The first-order chi connectivity index (χ1) is 7.90. The van der Waals surface area contributed by atoms with Crippen molar-refractivity contribution in [2.75, 3.05) is 13.3 Å². The minimum atomic E-state index is 0.317. The smallest absolute Gasteiger partial charge is 0.231 e. The lowest BCUT2D eigenvalue weighted by Crippen LogP contribution is -2.01. The minimum absolute atomic E-state index is 0.317. The van der Waals surface area contributed by atoms with E-state index in [9.17, 15) is 0 Å². The average molecular weight is 218 g/mol. The number of rotatable bonds is 3. The van der Waals surface area contributed by atoms with E-state index >= 15 is 0 Å². The van der Waals surface area contributed by atoms with Crippen LogP contribution in [0.15, 0.2) is 18.3 Å². The SMILES string of the molecule is NCCCc1c2c(cc3cc[nH]c13)OCO2. The molecule has 16 heavy (non-hydrogen) atoms. The third kappa shape index (κ3) is 1.34. The van der Waals surface area contributed by atoms with Crippen LogP contribution < -0.4 is 15.2 Å². The summed E-state index contributed by atoms with van der Waals surface area (Å²) >= 11 is 0. The van der Waals surface area contributed by atoms with E-state index in [0.29, 0.717) is 13.3 Å². The molecule has 3 rings (SSSR count). The van der Waals surface area contributed by atoms with Crippen LogP contribution in [0.5, 0.6) is 11.5 Å². The summed E-state index contributed by atoms with van der Waals surface area (Å²) in [6.07, 6.45) is 3.81. The summed E-state index contributed by atoms with van der Waals surface area (Å²) in [6, 6.07) is 4.06. The van der Waals surface area contributed by atoms with Crippen LogP contribution in [0.1, 0.15) is 12.0 Å². The molecule has 2 aromatic rings. The predicted octanol–water partition coefficient (Wildman–Crippen LogP) is 1.79. The van der Waals surface area contributed by atoms with Gasteiger partial charge in [-0.05, 0) is 31.5 Å². The number of nitrogens with two attached hydrogens (primary N) is 1. The maximum absolute atomic E-state index is 5.56. The molecule has 1 aliphatic heterocycles. The first kappa shape index (κ1) is 9.54. The summed E-state index contributed by atoms with van der Waals surface area (Å²) in [5, 5.41) is 1.16. The van der Waals surface area contributed by atoms with Gasteiger partial charge in [-0.1, -0.05) is 0 Å². The van der Waals surface area contributed by atoms with Gasteiger partial charge in [0.15, 0.2) is 11.5 Å². The van der Waals surface area contributed by atoms with E-state index in [0.717, 1.165) is 35.2 Å². The highest BCUT2D eigenvalue weighted by molar-refractivity contribution is 5.87. The Balaban J connectivity index is 2.16. The first-order valence-corrected chi connectivity index (χ1v) is 5.49. The summed E-state index contributed by atoms with van der Waals surface area (Å²) in [6.45, 7) is 1.00. The molecule has 4 nitrogen and oxygen atoms in total. The van der Waals surface area contributed by atoms with Gasteiger partial charge in [-0.3, -0.25) is 0 Å². The summed E-state index contributed by atoms with van der Waals surface area (Å²) in [5.74, 6) is 1.72. The number of ether oxygens (including phenoxy) is 2. The summed E-state index contributed by atoms with van der Waals surface area (Å²) in [5.41, 5.74) is 7.88. The summed E-state index contributed by atoms with van der Waals surface area (Å²) in [7, 11) is 0. The lowest BCUT2D eigenvalue weighted by atomic mass is 10.0. The molecule has 1 aromatic carbocycles. The molecule has 1 aliphatic rings. The first-order valence-electron chi connectivity index (χ1n) is 5.49. The molecule has 0 bridgehead atoms. The second kappa shape index (κ2) is 3.72. The van der Waals surface area contributed by atoms with Crippen LogP contribution in [0.2, 0.25) is 0 Å². The van der Waals surface area contributed by atoms with Gasteiger partial charge in [0.05, 0.1) is 5.52 Å². The Labute approximate surface area is 93.3 Å². The Morgan fingerprint density at radius 3 is 3.19 bits per heavy atom. The van der Waals surface area contributed by atoms with Gasteiger partial charge in [-0.2, -0.15) is 0 Å². The standard InChI is InChI=1S/C12H14N2O2/c13-4-1-2-9-11-8(3-5-14-11)6-10-12(9)16-7-15-10/h3,5-6,14H,1-2,4,7,13H2. The molecule has 0 fully saturated rings. The minimum Gasteiger partial charge on any atom is -0.454 e. The van der Waals surface area contributed by atoms with Gasteiger partial charge in [0, 0.05) is 17.1 Å². The molecule has 84 valence electrons. The van der Waals surface area contributed by atoms with Crippen LogP contribution in [0.4, 0.5) is 0 Å². The van der Waals surface area contributed by atoms with E-state index in [1.165, 1.54) is 5.56 Å². The third-order valence-electron chi connectivity index (χ3n) is 2.91. The number of hydrogen-bond donors (Lipinski definition) is 2. The maximum Gasteiger partial charge on any atom is 0.231 e. The Hall–Kier alpha value is -1.68. The molecule has 0 atom stereocenters. The van der Waals surface area contributed by atoms with Crippen molar-refractivity contribution in [1.82, 2.24) is 4.98 Å². The maximum atomic E-state index is 5.56. The second-order valence-electron chi connectivity index (χ2n) is 3.92. The van der Waals surface area contributed by atoms with Crippen molar-refractivity contribution >= 4 is 10.9 Å². The highest BCUT2D eigenvalue weighted by atomic mass is 16.7. The molecule has 0 aliphatic carbocycles. The Morgan fingerprint density at radius 2 is 2.31 bits per heavy atom. The van der Waals surface area contributed by atoms with Crippen molar-refractivity contribution < 1.29 is 9.47 Å². The predicted molar refractivity (Wildman–Crippen MR) is 61.8 cm³/mol. The van der Waals surface area contributed by atoms with Gasteiger partial charge in [0.25, 0.3) is 0 Å². The van der Waals surface area contributed by atoms with Crippen molar-refractivity contribution in [3.05, 3.63) is 23.9 Å². The number of H-pyrrole nitrogens is 1. The van der Waals surface area contributed by atoms with Crippen molar-refractivity contribution in [2.24, 2.45) is 5.73 Å². The van der Waals surface area contributed by atoms with Crippen LogP contribution >= 0.6 is 0 Å². The molecule has 0 amide bonds. The molecule has 4 heteroatoms. The Kier molecular flexibility index (Phi) is 2.22. The molecule has 1 aromatic heterocycles. The monoisotopic (exact) mass is 218 g/mol. The highest BCUT2D eigenvalue weighted by Gasteiger charge is 2.20. The van der Waals surface area contributed by atoms with E-state index in [2.05, 4.69) is 4.98 Å². The lowest BCUT2D eigenvalue weighted by molar-refractivity contribution is 0.173. The average Bonchev–Trinajstić information content (AvgIpc) is 2.91. The topological polar surface area (TPSA) is 60.3 Å². The van der Waals surface area contributed by atoms with Crippen molar-refractivity contribution in [3.63, 3.8) is 0 Å². The molecule has 0 saturated carbocycles. The Morgan fingerprint density at radius 1 is 1.38 bits per heavy atom. The van der Waals surface area contributed by atoms with Gasteiger partial charge in [-0.25, -0.2) is 0 Å². The van der Waals surface area contributed by atoms with E-state index in [-0.39, 0.29) is 0 Å². The number of aromatic amines is 1. The zero-order valence-electron chi connectivity index (χ0n) is 8.95. The van der Waals surface area contributed by atoms with Crippen molar-refractivity contribution in [1.29, 1.82) is 0 Å². The fourth-order valence-electron chi connectivity index (χ4n) is 2.17. The lowest BCUT2D eigenvalue weighted by Gasteiger charge is -2.07. The number of hydrogen-bond acceptors (Lipinski definition) is 3. The van der Waals surface area contributed by atoms with Gasteiger partial charge in [0.1, 0.15) is 0 Å². The molecule has 0 spiro atoms. The molecular formula is C12H14N2O2. The number of fused-ring (bicyclic) bond motifs is 2. The summed E-state index contributed by atoms with van der Waals surface area (Å²) in [4.78, 5) is 3.25. The van der Waals surface area contributed by atoms with Crippen LogP contribution in [-0.2, 0) is 6.42 Å². The van der Waals surface area contributed by atoms with Crippen LogP contribution in [0.3, 0.4) is 0 Å². The molecule has 2 heterocycles. The second-order valence-corrected chi connectivity index (χ2v) is 3.92. The quantitative estimate of drug-likeness (QED) is 0.825. The van der Waals surface area contributed by atoms with E-state index in [1.807, 2.05) is 18.3 Å². The zero-order valence-corrected chi connectivity index (χ0v) is 8.95. The highest BCUT2D eigenvalue weighted by Crippen LogP contribution is 2.40. The molecular weight excluding hydrogens is 204 g/mol. The fourth-order valence-corrected chi connectivity index (χ4v) is 2.17. The van der Waals surface area contributed by atoms with Crippen LogP contribution in [-0.4, -0.2) is 18.3 Å². The van der Waals surface area contributed by atoms with Gasteiger partial charge < -0.3 is 20.2 Å². The zero-order chi connectivity index (χ0) is 11.0. The largest absolute Gasteiger partial charge is 0.454 e. The normalized spacial score (nSPS) is 13.6. The van der Waals surface area contributed by atoms with E-state index < -0.39 is 0 Å². The van der Waals surface area contributed by atoms with Gasteiger partial charge >= 0.3 is 0 Å². The van der Waals surface area contributed by atoms with Gasteiger partial charge in [-0.15, -0.1) is 0 Å². The van der Waals surface area contributed by atoms with Crippen LogP contribution in [0.25, 0.3) is 10.9 Å². The van der Waals surface area contributed by atoms with E-state index in [4.69, 9.17) is 15.2 Å². The van der Waals surface area contributed by atoms with E-state index in [1.54, 1.807) is 0 Å².